The van der Waals surface area contributed by atoms with E-state index in [2.05, 4.69) is 24.3 Å². The van der Waals surface area contributed by atoms with Gasteiger partial charge in [0, 0.05) is 27.9 Å². The molecule has 114 valence electrons. The molecule has 2 rings (SSSR count). The Hall–Kier alpha value is -0.940. The van der Waals surface area contributed by atoms with E-state index in [1.165, 1.54) is 9.79 Å². The van der Waals surface area contributed by atoms with Crippen LogP contribution in [0.1, 0.15) is 6.92 Å². The number of aliphatic hydroxyl groups is 2. The summed E-state index contributed by atoms with van der Waals surface area (Å²) in [6.07, 6.45) is -0.277. The molecule has 0 spiro atoms. The van der Waals surface area contributed by atoms with Crippen molar-refractivity contribution < 1.29 is 10.2 Å². The Morgan fingerprint density at radius 2 is 1.14 bits per heavy atom. The summed E-state index contributed by atoms with van der Waals surface area (Å²) >= 11 is 3.40. The van der Waals surface area contributed by atoms with Gasteiger partial charge in [0.25, 0.3) is 0 Å². The number of aliphatic hydroxyl groups excluding tert-OH is 2. The highest BCUT2D eigenvalue weighted by atomic mass is 32.2. The molecule has 0 aliphatic rings. The summed E-state index contributed by atoms with van der Waals surface area (Å²) < 4.78 is 0. The second-order valence-corrected chi connectivity index (χ2v) is 6.40. The lowest BCUT2D eigenvalue weighted by atomic mass is 10.4. The topological polar surface area (TPSA) is 40.5 Å². The van der Waals surface area contributed by atoms with Gasteiger partial charge >= 0.3 is 0 Å². The highest BCUT2D eigenvalue weighted by Crippen LogP contribution is 2.22. The zero-order valence-electron chi connectivity index (χ0n) is 12.2. The number of thioether (sulfide) groups is 2. The fourth-order valence-electron chi connectivity index (χ4n) is 1.47. The van der Waals surface area contributed by atoms with Crippen molar-refractivity contribution in [2.45, 2.75) is 22.8 Å². The average molecular weight is 322 g/mol. The summed E-state index contributed by atoms with van der Waals surface area (Å²) in [7, 11) is 0. The number of hydrogen-bond acceptors (Lipinski definition) is 4. The van der Waals surface area contributed by atoms with Crippen LogP contribution in [-0.4, -0.2) is 34.4 Å². The fourth-order valence-corrected chi connectivity index (χ4v) is 3.32. The summed E-state index contributed by atoms with van der Waals surface area (Å²) in [5, 5.41) is 17.5. The molecule has 2 aromatic carbocycles. The number of rotatable bonds is 6. The molecule has 21 heavy (non-hydrogen) atoms. The Bertz CT molecular complexity index is 419. The van der Waals surface area contributed by atoms with E-state index in [0.717, 1.165) is 11.5 Å². The summed E-state index contributed by atoms with van der Waals surface area (Å²) in [6.45, 7) is 1.93. The predicted octanol–water partition coefficient (Wildman–Crippen LogP) is 3.93. The third-order valence-corrected chi connectivity index (χ3v) is 4.69. The van der Waals surface area contributed by atoms with E-state index in [1.54, 1.807) is 30.4 Å². The van der Waals surface area contributed by atoms with Crippen molar-refractivity contribution >= 4 is 23.5 Å². The van der Waals surface area contributed by atoms with E-state index >= 15 is 0 Å². The molecular weight excluding hydrogens is 300 g/mol. The average Bonchev–Trinajstić information content (AvgIpc) is 2.54. The Morgan fingerprint density at radius 1 is 0.810 bits per heavy atom. The van der Waals surface area contributed by atoms with E-state index in [1.807, 2.05) is 36.4 Å². The smallest absolute Gasteiger partial charge is 0.0727 e. The van der Waals surface area contributed by atoms with Crippen LogP contribution < -0.4 is 0 Å². The van der Waals surface area contributed by atoms with Gasteiger partial charge in [0.15, 0.2) is 0 Å². The van der Waals surface area contributed by atoms with Gasteiger partial charge in [0.05, 0.1) is 6.10 Å². The van der Waals surface area contributed by atoms with Crippen LogP contribution in [0.3, 0.4) is 0 Å². The summed E-state index contributed by atoms with van der Waals surface area (Å²) in [4.78, 5) is 2.42. The van der Waals surface area contributed by atoms with Gasteiger partial charge in [0.2, 0.25) is 0 Å². The highest BCUT2D eigenvalue weighted by Gasteiger charge is 2.05. The molecule has 0 amide bonds. The van der Waals surface area contributed by atoms with Gasteiger partial charge in [-0.15, -0.1) is 23.5 Å². The molecule has 0 atom stereocenters. The highest BCUT2D eigenvalue weighted by molar-refractivity contribution is 8.00. The summed E-state index contributed by atoms with van der Waals surface area (Å²) in [6, 6.07) is 20.4. The van der Waals surface area contributed by atoms with Crippen molar-refractivity contribution in [3.63, 3.8) is 0 Å². The molecule has 0 saturated carbocycles. The molecule has 0 fully saturated rings. The molecule has 0 radical (unpaired) electrons. The van der Waals surface area contributed by atoms with Crippen LogP contribution in [0.4, 0.5) is 0 Å². The zero-order chi connectivity index (χ0) is 15.3. The summed E-state index contributed by atoms with van der Waals surface area (Å²) in [5.41, 5.74) is 0. The lowest BCUT2D eigenvalue weighted by molar-refractivity contribution is 0.225. The first-order valence-electron chi connectivity index (χ1n) is 6.90. The molecule has 2 N–H and O–H groups in total. The van der Waals surface area contributed by atoms with Gasteiger partial charge in [-0.2, -0.15) is 0 Å². The van der Waals surface area contributed by atoms with Gasteiger partial charge in [-0.1, -0.05) is 36.4 Å². The molecule has 0 unspecified atom stereocenters. The fraction of sp³-hybridized carbons (Fsp3) is 0.294. The molecule has 0 aromatic heterocycles. The SMILES string of the molecule is CCO.OC(CSc1ccccc1)CSc1ccccc1. The van der Waals surface area contributed by atoms with Crippen molar-refractivity contribution in [1.82, 2.24) is 0 Å². The number of hydrogen-bond donors (Lipinski definition) is 2. The van der Waals surface area contributed by atoms with Crippen molar-refractivity contribution in [2.75, 3.05) is 18.1 Å². The Balaban J connectivity index is 0.000000677. The van der Waals surface area contributed by atoms with Crippen molar-refractivity contribution in [3.8, 4) is 0 Å². The third kappa shape index (κ3) is 8.83. The van der Waals surface area contributed by atoms with Crippen LogP contribution in [0.2, 0.25) is 0 Å². The normalized spacial score (nSPS) is 10.1. The maximum Gasteiger partial charge on any atom is 0.0727 e. The minimum absolute atomic E-state index is 0.250. The van der Waals surface area contributed by atoms with Crippen molar-refractivity contribution in [3.05, 3.63) is 60.7 Å². The molecule has 0 saturated heterocycles. The van der Waals surface area contributed by atoms with Crippen molar-refractivity contribution in [2.24, 2.45) is 0 Å². The van der Waals surface area contributed by atoms with Crippen LogP contribution in [0.15, 0.2) is 70.5 Å². The monoisotopic (exact) mass is 322 g/mol. The summed E-state index contributed by atoms with van der Waals surface area (Å²) in [5.74, 6) is 1.48. The maximum absolute atomic E-state index is 9.93. The van der Waals surface area contributed by atoms with E-state index in [0.29, 0.717) is 0 Å². The largest absolute Gasteiger partial charge is 0.397 e. The first-order valence-corrected chi connectivity index (χ1v) is 8.88. The van der Waals surface area contributed by atoms with Gasteiger partial charge in [-0.25, -0.2) is 0 Å². The number of benzene rings is 2. The molecule has 0 bridgehead atoms. The quantitative estimate of drug-likeness (QED) is 0.791. The second kappa shape index (κ2) is 11.7. The van der Waals surface area contributed by atoms with E-state index in [4.69, 9.17) is 5.11 Å². The van der Waals surface area contributed by atoms with Crippen LogP contribution in [0, 0.1) is 0 Å². The van der Waals surface area contributed by atoms with E-state index in [9.17, 15) is 5.11 Å². The molecule has 0 aliphatic carbocycles. The lowest BCUT2D eigenvalue weighted by Crippen LogP contribution is -2.12. The Morgan fingerprint density at radius 3 is 1.48 bits per heavy atom. The zero-order valence-corrected chi connectivity index (χ0v) is 13.8. The molecule has 2 nitrogen and oxygen atoms in total. The predicted molar refractivity (Wildman–Crippen MR) is 93.1 cm³/mol. The van der Waals surface area contributed by atoms with Gasteiger partial charge in [-0.3, -0.25) is 0 Å². The lowest BCUT2D eigenvalue weighted by Gasteiger charge is -2.09. The molecule has 0 aliphatic heterocycles. The molecule has 4 heteroatoms. The molecule has 2 aromatic rings. The van der Waals surface area contributed by atoms with Gasteiger partial charge in [-0.05, 0) is 31.2 Å². The Labute approximate surface area is 135 Å². The minimum atomic E-state index is -0.277. The second-order valence-electron chi connectivity index (χ2n) is 4.22. The van der Waals surface area contributed by atoms with Crippen LogP contribution in [0.5, 0.6) is 0 Å². The third-order valence-electron chi connectivity index (χ3n) is 2.37. The van der Waals surface area contributed by atoms with Crippen LogP contribution >= 0.6 is 23.5 Å². The van der Waals surface area contributed by atoms with Crippen LogP contribution in [0.25, 0.3) is 0 Å². The van der Waals surface area contributed by atoms with E-state index in [-0.39, 0.29) is 12.7 Å². The van der Waals surface area contributed by atoms with Gasteiger partial charge < -0.3 is 10.2 Å². The standard InChI is InChI=1S/C15H16OS2.C2H6O/c16-13(11-17-14-7-3-1-4-8-14)12-18-15-9-5-2-6-10-15;1-2-3/h1-10,13,16H,11-12H2;3H,2H2,1H3. The first kappa shape index (κ1) is 18.1. The molecule has 0 heterocycles. The Kier molecular flexibility index (Phi) is 10.1. The van der Waals surface area contributed by atoms with Gasteiger partial charge in [0.1, 0.15) is 0 Å². The molecular formula is C17H22O2S2. The van der Waals surface area contributed by atoms with E-state index < -0.39 is 0 Å². The first-order chi connectivity index (χ1) is 10.3. The maximum atomic E-state index is 9.93. The van der Waals surface area contributed by atoms with Crippen LogP contribution in [-0.2, 0) is 0 Å². The minimum Gasteiger partial charge on any atom is -0.397 e. The van der Waals surface area contributed by atoms with Crippen molar-refractivity contribution in [1.29, 1.82) is 0 Å².